The first kappa shape index (κ1) is 16.0. The zero-order valence-electron chi connectivity index (χ0n) is 14.2. The molecule has 2 heterocycles. The summed E-state index contributed by atoms with van der Waals surface area (Å²) in [7, 11) is 0. The second-order valence-electron chi connectivity index (χ2n) is 6.36. The third-order valence-electron chi connectivity index (χ3n) is 4.54. The summed E-state index contributed by atoms with van der Waals surface area (Å²) in [6.45, 7) is 3.84. The quantitative estimate of drug-likeness (QED) is 0.782. The van der Waals surface area contributed by atoms with E-state index in [1.807, 2.05) is 32.0 Å². The number of nitrogens with one attached hydrogen (secondary N) is 1. The topological polar surface area (TPSA) is 72.7 Å². The summed E-state index contributed by atoms with van der Waals surface area (Å²) in [4.78, 5) is 14.8. The molecule has 0 spiro atoms. The van der Waals surface area contributed by atoms with E-state index in [-0.39, 0.29) is 5.91 Å². The van der Waals surface area contributed by atoms with E-state index >= 15 is 0 Å². The van der Waals surface area contributed by atoms with Crippen molar-refractivity contribution in [2.24, 2.45) is 0 Å². The molecule has 0 bridgehead atoms. The van der Waals surface area contributed by atoms with Gasteiger partial charge in [-0.3, -0.25) is 4.79 Å². The van der Waals surface area contributed by atoms with Gasteiger partial charge in [0, 0.05) is 10.6 Å². The van der Waals surface area contributed by atoms with Gasteiger partial charge in [0.1, 0.15) is 0 Å². The lowest BCUT2D eigenvalue weighted by Crippen LogP contribution is -2.11. The van der Waals surface area contributed by atoms with Crippen molar-refractivity contribution in [3.8, 4) is 5.69 Å². The Balaban J connectivity index is 1.59. The smallest absolute Gasteiger partial charge is 0.265 e. The zero-order valence-corrected chi connectivity index (χ0v) is 15.1. The SMILES string of the molecule is Cc1ccc(NC(=O)c2cc3c(s2)CCCC3)cc1-n1nnnc1C. The summed E-state index contributed by atoms with van der Waals surface area (Å²) >= 11 is 1.62. The Bertz CT molecular complexity index is 919. The number of hydrogen-bond donors (Lipinski definition) is 1. The van der Waals surface area contributed by atoms with Crippen molar-refractivity contribution < 1.29 is 4.79 Å². The van der Waals surface area contributed by atoms with E-state index in [9.17, 15) is 4.79 Å². The molecule has 128 valence electrons. The summed E-state index contributed by atoms with van der Waals surface area (Å²) in [5.74, 6) is 0.653. The largest absolute Gasteiger partial charge is 0.321 e. The van der Waals surface area contributed by atoms with Crippen LogP contribution in [0, 0.1) is 13.8 Å². The summed E-state index contributed by atoms with van der Waals surface area (Å²) in [6, 6.07) is 7.83. The van der Waals surface area contributed by atoms with Gasteiger partial charge in [0.15, 0.2) is 5.82 Å². The van der Waals surface area contributed by atoms with E-state index < -0.39 is 0 Å². The molecule has 0 saturated carbocycles. The van der Waals surface area contributed by atoms with E-state index in [0.717, 1.165) is 34.7 Å². The highest BCUT2D eigenvalue weighted by Crippen LogP contribution is 2.30. The average molecular weight is 353 g/mol. The second-order valence-corrected chi connectivity index (χ2v) is 7.50. The number of amides is 1. The Morgan fingerprint density at radius 3 is 2.80 bits per heavy atom. The maximum atomic E-state index is 12.6. The lowest BCUT2D eigenvalue weighted by Gasteiger charge is -2.10. The van der Waals surface area contributed by atoms with Crippen molar-refractivity contribution >= 4 is 22.9 Å². The standard InChI is InChI=1S/C18H19N5OS/c1-11-7-8-14(10-15(11)23-12(2)20-21-22-23)19-18(24)17-9-13-5-3-4-6-16(13)25-17/h7-10H,3-6H2,1-2H3,(H,19,24). The van der Waals surface area contributed by atoms with Crippen molar-refractivity contribution in [1.29, 1.82) is 0 Å². The molecule has 1 amide bonds. The summed E-state index contributed by atoms with van der Waals surface area (Å²) in [5, 5.41) is 14.6. The Labute approximate surface area is 149 Å². The molecule has 1 N–H and O–H groups in total. The van der Waals surface area contributed by atoms with Crippen molar-refractivity contribution in [2.45, 2.75) is 39.5 Å². The van der Waals surface area contributed by atoms with Crippen molar-refractivity contribution in [1.82, 2.24) is 20.2 Å². The van der Waals surface area contributed by atoms with Gasteiger partial charge in [-0.25, -0.2) is 0 Å². The predicted molar refractivity (Wildman–Crippen MR) is 97.5 cm³/mol. The molecule has 1 aliphatic carbocycles. The number of carbonyl (C=O) groups excluding carboxylic acids is 1. The van der Waals surface area contributed by atoms with Gasteiger partial charge < -0.3 is 5.32 Å². The Hall–Kier alpha value is -2.54. The minimum atomic E-state index is -0.0531. The number of carbonyl (C=O) groups is 1. The third-order valence-corrected chi connectivity index (χ3v) is 5.78. The van der Waals surface area contributed by atoms with Crippen LogP contribution in [0.25, 0.3) is 5.69 Å². The van der Waals surface area contributed by atoms with Gasteiger partial charge in [-0.15, -0.1) is 16.4 Å². The molecule has 0 aliphatic heterocycles. The molecule has 3 aromatic rings. The molecule has 7 heteroatoms. The number of fused-ring (bicyclic) bond motifs is 1. The van der Waals surface area contributed by atoms with Crippen LogP contribution in [-0.2, 0) is 12.8 Å². The fraction of sp³-hybridized carbons (Fsp3) is 0.333. The summed E-state index contributed by atoms with van der Waals surface area (Å²) < 4.78 is 1.68. The molecule has 0 atom stereocenters. The lowest BCUT2D eigenvalue weighted by atomic mass is 9.99. The normalized spacial score (nSPS) is 13.5. The summed E-state index contributed by atoms with van der Waals surface area (Å²) in [5.41, 5.74) is 3.99. The van der Waals surface area contributed by atoms with E-state index in [1.165, 1.54) is 23.3 Å². The molecule has 2 aromatic heterocycles. The van der Waals surface area contributed by atoms with Gasteiger partial charge in [0.2, 0.25) is 0 Å². The fourth-order valence-electron chi connectivity index (χ4n) is 3.16. The number of anilines is 1. The van der Waals surface area contributed by atoms with Crippen molar-refractivity contribution in [2.75, 3.05) is 5.32 Å². The van der Waals surface area contributed by atoms with Crippen molar-refractivity contribution in [3.63, 3.8) is 0 Å². The van der Waals surface area contributed by atoms with Crippen LogP contribution in [-0.4, -0.2) is 26.1 Å². The van der Waals surface area contributed by atoms with Crippen LogP contribution >= 0.6 is 11.3 Å². The van der Waals surface area contributed by atoms with E-state index in [4.69, 9.17) is 0 Å². The maximum Gasteiger partial charge on any atom is 0.265 e. The number of aromatic nitrogens is 4. The number of tetrazole rings is 1. The van der Waals surface area contributed by atoms with Gasteiger partial charge in [-0.1, -0.05) is 6.07 Å². The fourth-order valence-corrected chi connectivity index (χ4v) is 4.31. The number of aryl methyl sites for hydroxylation is 4. The zero-order chi connectivity index (χ0) is 17.4. The average Bonchev–Trinajstić information content (AvgIpc) is 3.22. The highest BCUT2D eigenvalue weighted by molar-refractivity contribution is 7.14. The molecule has 0 unspecified atom stereocenters. The Morgan fingerprint density at radius 1 is 1.20 bits per heavy atom. The van der Waals surface area contributed by atoms with Gasteiger partial charge >= 0.3 is 0 Å². The van der Waals surface area contributed by atoms with Crippen LogP contribution < -0.4 is 5.32 Å². The van der Waals surface area contributed by atoms with Crippen LogP contribution in [0.1, 0.15) is 44.3 Å². The number of nitrogens with zero attached hydrogens (tertiary/aromatic N) is 4. The first-order valence-electron chi connectivity index (χ1n) is 8.41. The molecule has 0 saturated heterocycles. The first-order chi connectivity index (χ1) is 12.1. The molecule has 1 aliphatic rings. The second kappa shape index (κ2) is 6.40. The van der Waals surface area contributed by atoms with Crippen LogP contribution in [0.2, 0.25) is 0 Å². The number of hydrogen-bond acceptors (Lipinski definition) is 5. The van der Waals surface area contributed by atoms with Gasteiger partial charge in [0.05, 0.1) is 10.6 Å². The van der Waals surface area contributed by atoms with E-state index in [0.29, 0.717) is 5.82 Å². The monoisotopic (exact) mass is 353 g/mol. The molecular formula is C18H19N5OS. The van der Waals surface area contributed by atoms with Crippen molar-refractivity contribution in [3.05, 3.63) is 51.0 Å². The highest BCUT2D eigenvalue weighted by atomic mass is 32.1. The number of rotatable bonds is 3. The molecule has 4 rings (SSSR count). The first-order valence-corrected chi connectivity index (χ1v) is 9.22. The van der Waals surface area contributed by atoms with Crippen LogP contribution in [0.5, 0.6) is 0 Å². The highest BCUT2D eigenvalue weighted by Gasteiger charge is 2.18. The lowest BCUT2D eigenvalue weighted by molar-refractivity contribution is 0.103. The Morgan fingerprint density at radius 2 is 2.04 bits per heavy atom. The predicted octanol–water partition coefficient (Wildman–Crippen LogP) is 3.47. The molecule has 25 heavy (non-hydrogen) atoms. The van der Waals surface area contributed by atoms with Crippen LogP contribution in [0.4, 0.5) is 5.69 Å². The number of benzene rings is 1. The number of thiophene rings is 1. The van der Waals surface area contributed by atoms with Gasteiger partial charge in [0.25, 0.3) is 5.91 Å². The summed E-state index contributed by atoms with van der Waals surface area (Å²) in [6.07, 6.45) is 4.63. The van der Waals surface area contributed by atoms with Gasteiger partial charge in [-0.2, -0.15) is 4.68 Å². The minimum absolute atomic E-state index is 0.0531. The maximum absolute atomic E-state index is 12.6. The van der Waals surface area contributed by atoms with Crippen LogP contribution in [0.3, 0.4) is 0 Å². The van der Waals surface area contributed by atoms with Crippen LogP contribution in [0.15, 0.2) is 24.3 Å². The molecule has 6 nitrogen and oxygen atoms in total. The van der Waals surface area contributed by atoms with Gasteiger partial charge in [-0.05, 0) is 79.3 Å². The molecule has 0 radical (unpaired) electrons. The van der Waals surface area contributed by atoms with E-state index in [1.54, 1.807) is 16.0 Å². The molecule has 0 fully saturated rings. The molecular weight excluding hydrogens is 334 g/mol. The minimum Gasteiger partial charge on any atom is -0.321 e. The third kappa shape index (κ3) is 3.07. The van der Waals surface area contributed by atoms with E-state index in [2.05, 4.69) is 26.9 Å². The molecule has 1 aromatic carbocycles. The Kier molecular flexibility index (Phi) is 4.09.